The van der Waals surface area contributed by atoms with Crippen molar-refractivity contribution < 1.29 is 4.79 Å². The molecular weight excluding hydrogens is 292 g/mol. The van der Waals surface area contributed by atoms with Crippen LogP contribution in [0.4, 0.5) is 0 Å². The Morgan fingerprint density at radius 3 is 2.89 bits per heavy atom. The summed E-state index contributed by atoms with van der Waals surface area (Å²) in [7, 11) is 0. The lowest BCUT2D eigenvalue weighted by atomic mass is 10.1. The minimum absolute atomic E-state index is 0.268. The van der Waals surface area contributed by atoms with Gasteiger partial charge in [0.25, 0.3) is 0 Å². The highest BCUT2D eigenvalue weighted by Crippen LogP contribution is 2.32. The van der Waals surface area contributed by atoms with Gasteiger partial charge in [-0.2, -0.15) is 0 Å². The summed E-state index contributed by atoms with van der Waals surface area (Å²) >= 11 is 3.40. The van der Waals surface area contributed by atoms with Crippen LogP contribution in [0.25, 0.3) is 0 Å². The van der Waals surface area contributed by atoms with E-state index in [1.165, 1.54) is 5.56 Å². The fraction of sp³-hybridized carbons (Fsp3) is 0.571. The molecule has 1 fully saturated rings. The van der Waals surface area contributed by atoms with Crippen LogP contribution in [0, 0.1) is 0 Å². The van der Waals surface area contributed by atoms with Crippen molar-refractivity contribution in [2.75, 3.05) is 11.9 Å². The Morgan fingerprint density at radius 1 is 1.39 bits per heavy atom. The smallest absolute Gasteiger partial charge is 0.223 e. The Morgan fingerprint density at radius 2 is 2.17 bits per heavy atom. The van der Waals surface area contributed by atoms with Crippen molar-refractivity contribution in [3.05, 3.63) is 30.1 Å². The zero-order valence-electron chi connectivity index (χ0n) is 10.5. The first kappa shape index (κ1) is 13.5. The fourth-order valence-electron chi connectivity index (χ4n) is 2.51. The number of rotatable bonds is 5. The molecule has 98 valence electrons. The summed E-state index contributed by atoms with van der Waals surface area (Å²) in [5.74, 6) is 0.301. The molecule has 0 spiro atoms. The molecule has 0 saturated carbocycles. The van der Waals surface area contributed by atoms with Crippen molar-refractivity contribution >= 4 is 21.8 Å². The third-order valence-electron chi connectivity index (χ3n) is 3.44. The molecule has 1 unspecified atom stereocenters. The fourth-order valence-corrected chi connectivity index (χ4v) is 2.91. The Kier molecular flexibility index (Phi) is 5.17. The van der Waals surface area contributed by atoms with Gasteiger partial charge in [0.2, 0.25) is 5.91 Å². The highest BCUT2D eigenvalue weighted by Gasteiger charge is 2.29. The third kappa shape index (κ3) is 3.31. The van der Waals surface area contributed by atoms with Crippen molar-refractivity contribution in [3.8, 4) is 0 Å². The summed E-state index contributed by atoms with van der Waals surface area (Å²) < 4.78 is 0. The van der Waals surface area contributed by atoms with Crippen molar-refractivity contribution in [2.45, 2.75) is 38.1 Å². The van der Waals surface area contributed by atoms with Gasteiger partial charge in [0, 0.05) is 30.7 Å². The van der Waals surface area contributed by atoms with Crippen molar-refractivity contribution in [1.82, 2.24) is 9.88 Å². The van der Waals surface area contributed by atoms with Gasteiger partial charge in [0.05, 0.1) is 6.04 Å². The van der Waals surface area contributed by atoms with Gasteiger partial charge in [0.15, 0.2) is 0 Å². The Hall–Kier alpha value is -0.900. The first-order chi connectivity index (χ1) is 8.83. The molecule has 0 bridgehead atoms. The molecule has 1 aliphatic heterocycles. The van der Waals surface area contributed by atoms with Crippen LogP contribution in [0.15, 0.2) is 24.5 Å². The molecular formula is C14H19BrN2O. The number of carbonyl (C=O) groups excluding carboxylic acids is 1. The second-order valence-electron chi connectivity index (χ2n) is 4.67. The summed E-state index contributed by atoms with van der Waals surface area (Å²) in [5.41, 5.74) is 1.22. The number of unbranched alkanes of at least 4 members (excludes halogenated alkanes) is 1. The van der Waals surface area contributed by atoms with Crippen molar-refractivity contribution in [1.29, 1.82) is 0 Å². The molecule has 1 aliphatic rings. The van der Waals surface area contributed by atoms with Gasteiger partial charge in [-0.3, -0.25) is 9.78 Å². The second kappa shape index (κ2) is 6.88. The van der Waals surface area contributed by atoms with E-state index in [4.69, 9.17) is 0 Å². The van der Waals surface area contributed by atoms with Gasteiger partial charge in [-0.15, -0.1) is 0 Å². The number of amides is 1. The van der Waals surface area contributed by atoms with Gasteiger partial charge >= 0.3 is 0 Å². The van der Waals surface area contributed by atoms with Gasteiger partial charge < -0.3 is 4.90 Å². The number of likely N-dealkylation sites (tertiary alicyclic amines) is 1. The molecule has 18 heavy (non-hydrogen) atoms. The summed E-state index contributed by atoms with van der Waals surface area (Å²) in [6.45, 7) is 0.903. The molecule has 0 N–H and O–H groups in total. The number of hydrogen-bond acceptors (Lipinski definition) is 2. The number of aromatic nitrogens is 1. The summed E-state index contributed by atoms with van der Waals surface area (Å²) in [6.07, 6.45) is 8.52. The van der Waals surface area contributed by atoms with Crippen LogP contribution in [-0.2, 0) is 4.79 Å². The lowest BCUT2D eigenvalue weighted by Gasteiger charge is -2.25. The highest BCUT2D eigenvalue weighted by atomic mass is 79.9. The van der Waals surface area contributed by atoms with Gasteiger partial charge in [0.1, 0.15) is 0 Å². The average molecular weight is 311 g/mol. The summed E-state index contributed by atoms with van der Waals surface area (Å²) in [4.78, 5) is 18.3. The number of hydrogen-bond donors (Lipinski definition) is 0. The number of carbonyl (C=O) groups is 1. The normalized spacial score (nSPS) is 19.2. The number of halogens is 1. The Labute approximate surface area is 117 Å². The lowest BCUT2D eigenvalue weighted by Crippen LogP contribution is -2.30. The van der Waals surface area contributed by atoms with Crippen molar-refractivity contribution in [3.63, 3.8) is 0 Å². The molecule has 2 rings (SSSR count). The van der Waals surface area contributed by atoms with Crippen LogP contribution < -0.4 is 0 Å². The van der Waals surface area contributed by atoms with Gasteiger partial charge in [-0.05, 0) is 43.4 Å². The number of alkyl halides is 1. The van der Waals surface area contributed by atoms with E-state index >= 15 is 0 Å². The second-order valence-corrected chi connectivity index (χ2v) is 5.46. The van der Waals surface area contributed by atoms with E-state index in [2.05, 4.69) is 20.9 Å². The first-order valence-electron chi connectivity index (χ1n) is 6.58. The predicted octanol–water partition coefficient (Wildman–Crippen LogP) is 3.31. The molecule has 1 saturated heterocycles. The van der Waals surface area contributed by atoms with Crippen LogP contribution in [0.2, 0.25) is 0 Å². The van der Waals surface area contributed by atoms with E-state index < -0.39 is 0 Å². The largest absolute Gasteiger partial charge is 0.336 e. The molecule has 1 aromatic rings. The van der Waals surface area contributed by atoms with E-state index in [1.54, 1.807) is 12.4 Å². The monoisotopic (exact) mass is 310 g/mol. The molecule has 1 amide bonds. The van der Waals surface area contributed by atoms with E-state index in [-0.39, 0.29) is 6.04 Å². The molecule has 0 radical (unpaired) electrons. The average Bonchev–Trinajstić information content (AvgIpc) is 2.89. The molecule has 0 aromatic carbocycles. The van der Waals surface area contributed by atoms with E-state index in [0.717, 1.165) is 37.6 Å². The maximum atomic E-state index is 12.2. The third-order valence-corrected chi connectivity index (χ3v) is 4.00. The summed E-state index contributed by atoms with van der Waals surface area (Å²) in [6, 6.07) is 4.31. The lowest BCUT2D eigenvalue weighted by molar-refractivity contribution is -0.132. The Bertz CT molecular complexity index is 383. The van der Waals surface area contributed by atoms with Crippen LogP contribution in [0.1, 0.15) is 43.7 Å². The Balaban J connectivity index is 1.97. The van der Waals surface area contributed by atoms with E-state index in [1.807, 2.05) is 17.0 Å². The summed E-state index contributed by atoms with van der Waals surface area (Å²) in [5, 5.41) is 0.980. The van der Waals surface area contributed by atoms with Crippen molar-refractivity contribution in [2.24, 2.45) is 0 Å². The molecule has 1 atom stereocenters. The minimum Gasteiger partial charge on any atom is -0.336 e. The quantitative estimate of drug-likeness (QED) is 0.617. The molecule has 2 heterocycles. The zero-order valence-corrected chi connectivity index (χ0v) is 12.1. The maximum Gasteiger partial charge on any atom is 0.223 e. The van der Waals surface area contributed by atoms with E-state index in [9.17, 15) is 4.79 Å². The zero-order chi connectivity index (χ0) is 12.8. The van der Waals surface area contributed by atoms with Gasteiger partial charge in [-0.1, -0.05) is 15.9 Å². The van der Waals surface area contributed by atoms with E-state index in [0.29, 0.717) is 12.3 Å². The SMILES string of the molecule is O=C(CCCCBr)N1CCCC1c1ccncc1. The maximum absolute atomic E-state index is 12.2. The topological polar surface area (TPSA) is 33.2 Å². The minimum atomic E-state index is 0.268. The first-order valence-corrected chi connectivity index (χ1v) is 7.70. The molecule has 1 aromatic heterocycles. The highest BCUT2D eigenvalue weighted by molar-refractivity contribution is 9.09. The van der Waals surface area contributed by atoms with Crippen LogP contribution in [0.3, 0.4) is 0 Å². The van der Waals surface area contributed by atoms with Crippen LogP contribution in [0.5, 0.6) is 0 Å². The number of nitrogens with zero attached hydrogens (tertiary/aromatic N) is 2. The van der Waals surface area contributed by atoms with Gasteiger partial charge in [-0.25, -0.2) is 0 Å². The standard InChI is InChI=1S/C14H19BrN2O/c15-8-2-1-5-14(18)17-11-3-4-13(17)12-6-9-16-10-7-12/h6-7,9-10,13H,1-5,8,11H2. The molecule has 3 nitrogen and oxygen atoms in total. The number of pyridine rings is 1. The van der Waals surface area contributed by atoms with Crippen LogP contribution in [-0.4, -0.2) is 27.7 Å². The van der Waals surface area contributed by atoms with Crippen LogP contribution >= 0.6 is 15.9 Å². The molecule has 4 heteroatoms. The predicted molar refractivity (Wildman–Crippen MR) is 75.6 cm³/mol. The molecule has 0 aliphatic carbocycles.